The fourth-order valence-electron chi connectivity index (χ4n) is 2.74. The van der Waals surface area contributed by atoms with Crippen molar-refractivity contribution in [3.05, 3.63) is 57.9 Å². The van der Waals surface area contributed by atoms with Gasteiger partial charge in [-0.3, -0.25) is 9.00 Å². The van der Waals surface area contributed by atoms with Crippen molar-refractivity contribution in [3.63, 3.8) is 0 Å². The quantitative estimate of drug-likeness (QED) is 0.763. The molecule has 1 aliphatic rings. The van der Waals surface area contributed by atoms with Crippen LogP contribution < -0.4 is 10.1 Å². The number of benzene rings is 1. The molecule has 1 aliphatic heterocycles. The summed E-state index contributed by atoms with van der Waals surface area (Å²) in [6, 6.07) is 11.0. The summed E-state index contributed by atoms with van der Waals surface area (Å²) < 4.78 is 18.8. The molecule has 3 aromatic rings. The Morgan fingerprint density at radius 3 is 2.76 bits per heavy atom. The first kappa shape index (κ1) is 16.0. The number of anilines is 1. The number of ether oxygens (including phenoxy) is 1. The maximum Gasteiger partial charge on any atom is 0.266 e. The third kappa shape index (κ3) is 2.98. The molecule has 1 N–H and O–H groups in total. The highest BCUT2D eigenvalue weighted by molar-refractivity contribution is 7.83. The summed E-state index contributed by atoms with van der Waals surface area (Å²) in [5, 5.41) is 9.38. The summed E-state index contributed by atoms with van der Waals surface area (Å²) in [5.74, 6) is 1.97. The second-order valence-electron chi connectivity index (χ2n) is 5.54. The summed E-state index contributed by atoms with van der Waals surface area (Å²) in [6.45, 7) is 0. The van der Waals surface area contributed by atoms with Crippen LogP contribution in [0, 0.1) is 0 Å². The number of amides is 1. The zero-order chi connectivity index (χ0) is 17.4. The largest absolute Gasteiger partial charge is 0.497 e. The molecule has 6 nitrogen and oxygen atoms in total. The fourth-order valence-corrected chi connectivity index (χ4v) is 4.63. The molecular formula is C17H15N3O3S2. The van der Waals surface area contributed by atoms with Gasteiger partial charge in [-0.1, -0.05) is 6.07 Å². The number of hydrogen-bond donors (Lipinski definition) is 1. The van der Waals surface area contributed by atoms with Gasteiger partial charge in [0.1, 0.15) is 11.6 Å². The molecule has 0 fully saturated rings. The van der Waals surface area contributed by atoms with E-state index in [1.165, 1.54) is 11.3 Å². The lowest BCUT2D eigenvalue weighted by Crippen LogP contribution is -2.15. The lowest BCUT2D eigenvalue weighted by molar-refractivity contribution is 0.102. The van der Waals surface area contributed by atoms with E-state index in [1.54, 1.807) is 17.9 Å². The van der Waals surface area contributed by atoms with Crippen LogP contribution >= 0.6 is 11.3 Å². The van der Waals surface area contributed by atoms with Crippen molar-refractivity contribution in [2.75, 3.05) is 12.4 Å². The predicted molar refractivity (Wildman–Crippen MR) is 97.9 cm³/mol. The fraction of sp³-hybridized carbons (Fsp3) is 0.176. The molecular weight excluding hydrogens is 358 g/mol. The SMILES string of the molecule is COc1ccc(-n2nc3c(c2NC(=O)c2cccs2)C[S@](=O)C3)cc1. The number of thiophene rings is 1. The molecule has 4 rings (SSSR count). The molecule has 1 atom stereocenters. The van der Waals surface area contributed by atoms with Crippen molar-refractivity contribution in [2.24, 2.45) is 0 Å². The molecule has 1 aromatic carbocycles. The second kappa shape index (κ2) is 6.45. The number of nitrogens with zero attached hydrogens (tertiary/aromatic N) is 2. The smallest absolute Gasteiger partial charge is 0.266 e. The zero-order valence-electron chi connectivity index (χ0n) is 13.4. The average Bonchev–Trinajstić information content (AvgIpc) is 3.33. The van der Waals surface area contributed by atoms with Gasteiger partial charge in [0.15, 0.2) is 0 Å². The van der Waals surface area contributed by atoms with Crippen LogP contribution in [0.1, 0.15) is 20.9 Å². The number of carbonyl (C=O) groups excluding carboxylic acids is 1. The Labute approximate surface area is 150 Å². The van der Waals surface area contributed by atoms with E-state index in [-0.39, 0.29) is 5.91 Å². The summed E-state index contributed by atoms with van der Waals surface area (Å²) >= 11 is 1.38. The molecule has 128 valence electrons. The van der Waals surface area contributed by atoms with Crippen molar-refractivity contribution in [2.45, 2.75) is 11.5 Å². The van der Waals surface area contributed by atoms with Crippen LogP contribution in [-0.4, -0.2) is 27.0 Å². The molecule has 8 heteroatoms. The number of hydrogen-bond acceptors (Lipinski definition) is 5. The van der Waals surface area contributed by atoms with Gasteiger partial charge in [0, 0.05) is 16.4 Å². The standard InChI is InChI=1S/C17H15N3O3S2/c1-23-12-6-4-11(5-7-12)20-16(13-9-25(22)10-14(13)19-20)18-17(21)15-3-2-8-24-15/h2-8H,9-10H2,1H3,(H,18,21)/t25-/m0/s1. The van der Waals surface area contributed by atoms with Gasteiger partial charge in [-0.15, -0.1) is 11.3 Å². The van der Waals surface area contributed by atoms with E-state index >= 15 is 0 Å². The van der Waals surface area contributed by atoms with Gasteiger partial charge in [-0.05, 0) is 35.7 Å². The number of aromatic nitrogens is 2. The normalized spacial score (nSPS) is 15.8. The minimum atomic E-state index is -0.964. The van der Waals surface area contributed by atoms with Crippen LogP contribution in [0.2, 0.25) is 0 Å². The number of methoxy groups -OCH3 is 1. The topological polar surface area (TPSA) is 73.2 Å². The average molecular weight is 373 g/mol. The Hall–Kier alpha value is -2.45. The second-order valence-corrected chi connectivity index (χ2v) is 7.95. The molecule has 0 saturated carbocycles. The Morgan fingerprint density at radius 1 is 1.28 bits per heavy atom. The first-order chi connectivity index (χ1) is 12.2. The van der Waals surface area contributed by atoms with Crippen molar-refractivity contribution >= 4 is 33.9 Å². The Morgan fingerprint density at radius 2 is 2.08 bits per heavy atom. The van der Waals surface area contributed by atoms with Crippen molar-refractivity contribution in [3.8, 4) is 11.4 Å². The minimum absolute atomic E-state index is 0.190. The molecule has 0 radical (unpaired) electrons. The molecule has 1 amide bonds. The van der Waals surface area contributed by atoms with Gasteiger partial charge in [0.2, 0.25) is 0 Å². The van der Waals surface area contributed by atoms with Crippen LogP contribution in [0.4, 0.5) is 5.82 Å². The van der Waals surface area contributed by atoms with Gasteiger partial charge in [0.05, 0.1) is 34.9 Å². The Bertz CT molecular complexity index is 946. The summed E-state index contributed by atoms with van der Waals surface area (Å²) in [4.78, 5) is 13.1. The Kier molecular flexibility index (Phi) is 4.14. The van der Waals surface area contributed by atoms with Gasteiger partial charge >= 0.3 is 0 Å². The first-order valence-electron chi connectivity index (χ1n) is 7.60. The monoisotopic (exact) mass is 373 g/mol. The van der Waals surface area contributed by atoms with E-state index in [1.807, 2.05) is 35.7 Å². The maximum atomic E-state index is 12.5. The van der Waals surface area contributed by atoms with Crippen LogP contribution in [-0.2, 0) is 22.3 Å². The molecule has 0 spiro atoms. The van der Waals surface area contributed by atoms with Crippen LogP contribution in [0.25, 0.3) is 5.69 Å². The van der Waals surface area contributed by atoms with E-state index in [2.05, 4.69) is 10.4 Å². The highest BCUT2D eigenvalue weighted by Crippen LogP contribution is 2.32. The summed E-state index contributed by atoms with van der Waals surface area (Å²) in [6.07, 6.45) is 0. The zero-order valence-corrected chi connectivity index (χ0v) is 15.0. The van der Waals surface area contributed by atoms with Gasteiger partial charge in [-0.2, -0.15) is 5.10 Å². The van der Waals surface area contributed by atoms with E-state index in [0.717, 1.165) is 22.7 Å². The molecule has 0 bridgehead atoms. The summed E-state index contributed by atoms with van der Waals surface area (Å²) in [7, 11) is 0.646. The summed E-state index contributed by atoms with van der Waals surface area (Å²) in [5.41, 5.74) is 2.43. The first-order valence-corrected chi connectivity index (χ1v) is 9.97. The molecule has 2 aromatic heterocycles. The number of carbonyl (C=O) groups is 1. The molecule has 25 heavy (non-hydrogen) atoms. The Balaban J connectivity index is 1.75. The van der Waals surface area contributed by atoms with Crippen LogP contribution in [0.15, 0.2) is 41.8 Å². The predicted octanol–water partition coefficient (Wildman–Crippen LogP) is 2.96. The van der Waals surface area contributed by atoms with E-state index < -0.39 is 10.8 Å². The van der Waals surface area contributed by atoms with E-state index in [4.69, 9.17) is 4.74 Å². The van der Waals surface area contributed by atoms with Crippen molar-refractivity contribution in [1.29, 1.82) is 0 Å². The maximum absolute atomic E-state index is 12.5. The van der Waals surface area contributed by atoms with E-state index in [9.17, 15) is 9.00 Å². The molecule has 0 unspecified atom stereocenters. The van der Waals surface area contributed by atoms with Crippen LogP contribution in [0.5, 0.6) is 5.75 Å². The third-order valence-electron chi connectivity index (χ3n) is 3.96. The van der Waals surface area contributed by atoms with E-state index in [0.29, 0.717) is 22.2 Å². The van der Waals surface area contributed by atoms with Gasteiger partial charge in [0.25, 0.3) is 5.91 Å². The molecule has 0 aliphatic carbocycles. The number of rotatable bonds is 4. The lowest BCUT2D eigenvalue weighted by Gasteiger charge is -2.11. The molecule has 3 heterocycles. The number of fused-ring (bicyclic) bond motifs is 1. The highest BCUT2D eigenvalue weighted by atomic mass is 32.2. The van der Waals surface area contributed by atoms with Gasteiger partial charge < -0.3 is 10.1 Å². The molecule has 0 saturated heterocycles. The third-order valence-corrected chi connectivity index (χ3v) is 6.04. The van der Waals surface area contributed by atoms with Crippen molar-refractivity contribution < 1.29 is 13.7 Å². The lowest BCUT2D eigenvalue weighted by atomic mass is 10.2. The van der Waals surface area contributed by atoms with Crippen LogP contribution in [0.3, 0.4) is 0 Å². The van der Waals surface area contributed by atoms with Gasteiger partial charge in [-0.25, -0.2) is 4.68 Å². The van der Waals surface area contributed by atoms with Crippen molar-refractivity contribution in [1.82, 2.24) is 9.78 Å². The minimum Gasteiger partial charge on any atom is -0.497 e. The highest BCUT2D eigenvalue weighted by Gasteiger charge is 2.28. The number of nitrogens with one attached hydrogen (secondary N) is 1.